The average Bonchev–Trinajstić information content (AvgIpc) is 2.41. The first-order chi connectivity index (χ1) is 9.60. The van der Waals surface area contributed by atoms with Crippen LogP contribution in [0.1, 0.15) is 34.4 Å². The van der Waals surface area contributed by atoms with Crippen LogP contribution in [0.25, 0.3) is 0 Å². The number of aromatic carboxylic acids is 1. The zero-order valence-electron chi connectivity index (χ0n) is 11.6. The Kier molecular flexibility index (Phi) is 4.30. The van der Waals surface area contributed by atoms with Gasteiger partial charge in [-0.05, 0) is 25.0 Å². The molecule has 5 heteroatoms. The Bertz CT molecular complexity index is 626. The fourth-order valence-electron chi connectivity index (χ4n) is 1.94. The van der Waals surface area contributed by atoms with Crippen LogP contribution in [0.4, 0.5) is 5.82 Å². The van der Waals surface area contributed by atoms with Gasteiger partial charge in [-0.3, -0.25) is 0 Å². The number of carboxylic acid groups (broad SMARTS) is 1. The van der Waals surface area contributed by atoms with Gasteiger partial charge < -0.3 is 10.4 Å². The Labute approximate surface area is 117 Å². The van der Waals surface area contributed by atoms with Crippen molar-refractivity contribution in [1.82, 2.24) is 9.97 Å². The average molecular weight is 271 g/mol. The van der Waals surface area contributed by atoms with Gasteiger partial charge in [-0.15, -0.1) is 0 Å². The molecule has 20 heavy (non-hydrogen) atoms. The first-order valence-corrected chi connectivity index (χ1v) is 6.49. The molecule has 0 amide bonds. The van der Waals surface area contributed by atoms with E-state index >= 15 is 0 Å². The van der Waals surface area contributed by atoms with E-state index in [9.17, 15) is 4.79 Å². The third-order valence-corrected chi connectivity index (χ3v) is 2.96. The third kappa shape index (κ3) is 3.32. The minimum atomic E-state index is -1.04. The normalized spacial score (nSPS) is 10.3. The number of hydrogen-bond donors (Lipinski definition) is 2. The van der Waals surface area contributed by atoms with Crippen LogP contribution < -0.4 is 5.32 Å². The van der Waals surface area contributed by atoms with Crippen molar-refractivity contribution in [2.45, 2.75) is 20.3 Å². The molecule has 0 fully saturated rings. The number of nitrogens with one attached hydrogen (secondary N) is 1. The Balaban J connectivity index is 2.35. The predicted molar refractivity (Wildman–Crippen MR) is 77.1 cm³/mol. The quantitative estimate of drug-likeness (QED) is 0.874. The van der Waals surface area contributed by atoms with Crippen molar-refractivity contribution < 1.29 is 9.90 Å². The summed E-state index contributed by atoms with van der Waals surface area (Å²) in [6, 6.07) is 9.39. The monoisotopic (exact) mass is 271 g/mol. The van der Waals surface area contributed by atoms with Gasteiger partial charge in [0.1, 0.15) is 11.6 Å². The van der Waals surface area contributed by atoms with Gasteiger partial charge in [0, 0.05) is 19.0 Å². The summed E-state index contributed by atoms with van der Waals surface area (Å²) in [5.74, 6) is 0.0104. The highest BCUT2D eigenvalue weighted by atomic mass is 16.4. The van der Waals surface area contributed by atoms with Crippen molar-refractivity contribution in [3.8, 4) is 0 Å². The van der Waals surface area contributed by atoms with E-state index in [4.69, 9.17) is 5.11 Å². The largest absolute Gasteiger partial charge is 0.477 e. The number of aromatic nitrogens is 2. The summed E-state index contributed by atoms with van der Waals surface area (Å²) in [7, 11) is 0. The summed E-state index contributed by atoms with van der Waals surface area (Å²) in [6.07, 6.45) is 0.520. The maximum atomic E-state index is 11.1. The molecule has 104 valence electrons. The van der Waals surface area contributed by atoms with Crippen molar-refractivity contribution in [3.05, 3.63) is 53.0 Å². The highest BCUT2D eigenvalue weighted by molar-refractivity contribution is 5.86. The minimum Gasteiger partial charge on any atom is -0.477 e. The SMILES string of the molecule is CCNc1cc(C(=O)O)nc(Cc2ccccc2C)n1. The van der Waals surface area contributed by atoms with Crippen LogP contribution in [0.3, 0.4) is 0 Å². The zero-order chi connectivity index (χ0) is 14.5. The van der Waals surface area contributed by atoms with Crippen molar-refractivity contribution in [3.63, 3.8) is 0 Å². The summed E-state index contributed by atoms with van der Waals surface area (Å²) in [5.41, 5.74) is 2.25. The highest BCUT2D eigenvalue weighted by Gasteiger charge is 2.11. The number of anilines is 1. The fraction of sp³-hybridized carbons (Fsp3) is 0.267. The summed E-state index contributed by atoms with van der Waals surface area (Å²) in [4.78, 5) is 19.6. The second-order valence-corrected chi connectivity index (χ2v) is 4.49. The van der Waals surface area contributed by atoms with Gasteiger partial charge >= 0.3 is 5.97 Å². The number of carboxylic acids is 1. The first kappa shape index (κ1) is 14.0. The summed E-state index contributed by atoms with van der Waals surface area (Å²) in [5, 5.41) is 12.1. The van der Waals surface area contributed by atoms with E-state index in [0.29, 0.717) is 24.6 Å². The second kappa shape index (κ2) is 6.14. The topological polar surface area (TPSA) is 75.1 Å². The van der Waals surface area contributed by atoms with E-state index in [1.807, 2.05) is 38.1 Å². The minimum absolute atomic E-state index is 0.0135. The molecular weight excluding hydrogens is 254 g/mol. The Morgan fingerprint density at radius 2 is 2.05 bits per heavy atom. The summed E-state index contributed by atoms with van der Waals surface area (Å²) in [6.45, 7) is 4.63. The third-order valence-electron chi connectivity index (χ3n) is 2.96. The molecule has 0 bridgehead atoms. The number of aryl methyl sites for hydroxylation is 1. The van der Waals surface area contributed by atoms with Crippen LogP contribution in [0, 0.1) is 6.92 Å². The van der Waals surface area contributed by atoms with Gasteiger partial charge in [0.25, 0.3) is 0 Å². The molecule has 0 spiro atoms. The molecule has 0 saturated heterocycles. The van der Waals surface area contributed by atoms with Gasteiger partial charge in [0.05, 0.1) is 0 Å². The van der Waals surface area contributed by atoms with Crippen LogP contribution in [0.2, 0.25) is 0 Å². The Hall–Kier alpha value is -2.43. The smallest absolute Gasteiger partial charge is 0.354 e. The Morgan fingerprint density at radius 1 is 1.30 bits per heavy atom. The molecule has 1 aromatic carbocycles. The maximum Gasteiger partial charge on any atom is 0.354 e. The molecule has 0 unspecified atom stereocenters. The lowest BCUT2D eigenvalue weighted by Crippen LogP contribution is -2.10. The van der Waals surface area contributed by atoms with E-state index in [2.05, 4.69) is 15.3 Å². The van der Waals surface area contributed by atoms with Gasteiger partial charge in [-0.2, -0.15) is 0 Å². The van der Waals surface area contributed by atoms with Crippen molar-refractivity contribution >= 4 is 11.8 Å². The fourth-order valence-corrected chi connectivity index (χ4v) is 1.94. The summed E-state index contributed by atoms with van der Waals surface area (Å²) >= 11 is 0. The molecule has 0 atom stereocenters. The highest BCUT2D eigenvalue weighted by Crippen LogP contribution is 2.14. The van der Waals surface area contributed by atoms with Crippen LogP contribution in [0.15, 0.2) is 30.3 Å². The van der Waals surface area contributed by atoms with Crippen molar-refractivity contribution in [2.75, 3.05) is 11.9 Å². The van der Waals surface area contributed by atoms with E-state index < -0.39 is 5.97 Å². The maximum absolute atomic E-state index is 11.1. The first-order valence-electron chi connectivity index (χ1n) is 6.49. The number of nitrogens with zero attached hydrogens (tertiary/aromatic N) is 2. The van der Waals surface area contributed by atoms with Gasteiger partial charge in [-0.1, -0.05) is 24.3 Å². The van der Waals surface area contributed by atoms with E-state index in [-0.39, 0.29) is 5.69 Å². The molecule has 0 aliphatic carbocycles. The lowest BCUT2D eigenvalue weighted by molar-refractivity contribution is 0.0690. The molecular formula is C15H17N3O2. The number of carbonyl (C=O) groups is 1. The lowest BCUT2D eigenvalue weighted by Gasteiger charge is -2.08. The van der Waals surface area contributed by atoms with Crippen LogP contribution in [-0.4, -0.2) is 27.6 Å². The molecule has 5 nitrogen and oxygen atoms in total. The number of benzene rings is 1. The summed E-state index contributed by atoms with van der Waals surface area (Å²) < 4.78 is 0. The Morgan fingerprint density at radius 3 is 2.70 bits per heavy atom. The van der Waals surface area contributed by atoms with E-state index in [0.717, 1.165) is 11.1 Å². The molecule has 2 rings (SSSR count). The molecule has 2 N–H and O–H groups in total. The van der Waals surface area contributed by atoms with Crippen LogP contribution >= 0.6 is 0 Å². The van der Waals surface area contributed by atoms with Crippen molar-refractivity contribution in [1.29, 1.82) is 0 Å². The molecule has 1 aromatic heterocycles. The second-order valence-electron chi connectivity index (χ2n) is 4.49. The van der Waals surface area contributed by atoms with Gasteiger partial charge in [0.15, 0.2) is 5.69 Å². The van der Waals surface area contributed by atoms with Crippen LogP contribution in [0.5, 0.6) is 0 Å². The van der Waals surface area contributed by atoms with Crippen LogP contribution in [-0.2, 0) is 6.42 Å². The molecule has 0 aliphatic heterocycles. The van der Waals surface area contributed by atoms with E-state index in [1.165, 1.54) is 6.07 Å². The zero-order valence-corrected chi connectivity index (χ0v) is 11.6. The number of rotatable bonds is 5. The molecule has 0 aliphatic rings. The number of hydrogen-bond acceptors (Lipinski definition) is 4. The lowest BCUT2D eigenvalue weighted by atomic mass is 10.1. The van der Waals surface area contributed by atoms with Crippen molar-refractivity contribution in [2.24, 2.45) is 0 Å². The molecule has 0 saturated carbocycles. The van der Waals surface area contributed by atoms with E-state index in [1.54, 1.807) is 0 Å². The molecule has 2 aromatic rings. The molecule has 1 heterocycles. The standard InChI is InChI=1S/C15H17N3O2/c1-3-16-13-9-12(15(19)20)17-14(18-13)8-11-7-5-4-6-10(11)2/h4-7,9H,3,8H2,1-2H3,(H,19,20)(H,16,17,18). The van der Waals surface area contributed by atoms with Gasteiger partial charge in [0.2, 0.25) is 0 Å². The molecule has 0 radical (unpaired) electrons. The van der Waals surface area contributed by atoms with Gasteiger partial charge in [-0.25, -0.2) is 14.8 Å². The predicted octanol–water partition coefficient (Wildman–Crippen LogP) is 2.51.